The molecule has 2 amide bonds. The summed E-state index contributed by atoms with van der Waals surface area (Å²) in [5.41, 5.74) is 5.15. The number of carbonyl (C=O) groups excluding carboxylic acids is 2. The number of halogens is 2. The predicted molar refractivity (Wildman–Crippen MR) is 254 cm³/mol. The Bertz CT molecular complexity index is 3290. The molecule has 0 spiro atoms. The smallest absolute Gasteiger partial charge is 0.251 e. The first-order valence-corrected chi connectivity index (χ1v) is 22.1. The van der Waals surface area contributed by atoms with Gasteiger partial charge in [-0.05, 0) is 88.6 Å². The molecule has 10 rings (SSSR count). The summed E-state index contributed by atoms with van der Waals surface area (Å²) in [6.45, 7) is 2.76. The van der Waals surface area contributed by atoms with Crippen LogP contribution >= 0.6 is 0 Å². The zero-order valence-electron chi connectivity index (χ0n) is 37.5. The van der Waals surface area contributed by atoms with E-state index in [1.807, 2.05) is 67.6 Å². The highest BCUT2D eigenvalue weighted by Gasteiger charge is 2.26. The number of nitrogens with one attached hydrogen (secondary N) is 2. The first-order chi connectivity index (χ1) is 34.0. The second kappa shape index (κ2) is 20.4. The molecule has 0 fully saturated rings. The Balaban J connectivity index is 0.000000174. The molecular formula is C52H44F2N6O10. The summed E-state index contributed by atoms with van der Waals surface area (Å²) in [4.78, 5) is 48.9. The van der Waals surface area contributed by atoms with Crippen LogP contribution in [0, 0.1) is 21.4 Å². The van der Waals surface area contributed by atoms with Gasteiger partial charge in [0.25, 0.3) is 11.8 Å². The largest absolute Gasteiger partial charge is 0.493 e. The molecule has 356 valence electrons. The van der Waals surface area contributed by atoms with Gasteiger partial charge in [0.15, 0.2) is 25.0 Å². The molecule has 0 bridgehead atoms. The Morgan fingerprint density at radius 2 is 1.14 bits per heavy atom. The number of benzene rings is 6. The maximum atomic E-state index is 14.3. The highest BCUT2D eigenvalue weighted by atomic mass is 19.1. The summed E-state index contributed by atoms with van der Waals surface area (Å²) in [5.74, 6) is -1.40. The molecule has 8 aromatic rings. The van der Waals surface area contributed by atoms with E-state index in [1.165, 1.54) is 33.4 Å². The van der Waals surface area contributed by atoms with Gasteiger partial charge in [0.05, 0.1) is 43.4 Å². The van der Waals surface area contributed by atoms with Crippen molar-refractivity contribution < 1.29 is 47.5 Å². The van der Waals surface area contributed by atoms with Crippen molar-refractivity contribution in [3.8, 4) is 23.3 Å². The molecular weight excluding hydrogens is 907 g/mol. The molecule has 1 unspecified atom stereocenters. The Kier molecular flexibility index (Phi) is 13.6. The van der Waals surface area contributed by atoms with Gasteiger partial charge in [-0.15, -0.1) is 9.81 Å². The van der Waals surface area contributed by atoms with Crippen molar-refractivity contribution in [1.29, 1.82) is 0 Å². The number of ether oxygens (including phenoxy) is 4. The fraction of sp³-hybridized carbons (Fsp3) is 0.192. The molecule has 2 aliphatic rings. The van der Waals surface area contributed by atoms with Crippen LogP contribution in [-0.2, 0) is 42.3 Å². The normalized spacial score (nSPS) is 13.2. The van der Waals surface area contributed by atoms with Gasteiger partial charge in [-0.2, -0.15) is 0 Å². The summed E-state index contributed by atoms with van der Waals surface area (Å²) in [6.07, 6.45) is 0.697. The number of hydrogen-bond donors (Lipinski definition) is 4. The number of amides is 2. The van der Waals surface area contributed by atoms with Crippen molar-refractivity contribution >= 4 is 45.0 Å². The summed E-state index contributed by atoms with van der Waals surface area (Å²) in [5, 5.41) is 34.2. The topological polar surface area (TPSA) is 204 Å². The maximum Gasteiger partial charge on any atom is 0.251 e. The molecule has 0 aliphatic carbocycles. The Morgan fingerprint density at radius 1 is 0.657 bits per heavy atom. The van der Waals surface area contributed by atoms with E-state index in [9.17, 15) is 38.4 Å². The quantitative estimate of drug-likeness (QED) is 0.0805. The molecule has 1 atom stereocenters. The van der Waals surface area contributed by atoms with E-state index in [1.54, 1.807) is 36.4 Å². The number of hydrogen-bond acceptors (Lipinski definition) is 12. The van der Waals surface area contributed by atoms with E-state index in [0.29, 0.717) is 79.7 Å². The third-order valence-electron chi connectivity index (χ3n) is 12.1. The van der Waals surface area contributed by atoms with Crippen LogP contribution in [0.1, 0.15) is 73.5 Å². The second-order valence-corrected chi connectivity index (χ2v) is 16.5. The summed E-state index contributed by atoms with van der Waals surface area (Å²) >= 11 is 0. The summed E-state index contributed by atoms with van der Waals surface area (Å²) in [6, 6.07) is 33.7. The van der Waals surface area contributed by atoms with Gasteiger partial charge in [-0.25, -0.2) is 8.78 Å². The maximum absolute atomic E-state index is 14.3. The number of fused-ring (bicyclic) bond motifs is 4. The van der Waals surface area contributed by atoms with Gasteiger partial charge in [-0.3, -0.25) is 9.59 Å². The van der Waals surface area contributed by atoms with Crippen LogP contribution < -0.4 is 20.1 Å². The molecule has 2 aromatic heterocycles. The molecule has 16 nitrogen and oxygen atoms in total. The zero-order valence-corrected chi connectivity index (χ0v) is 37.5. The lowest BCUT2D eigenvalue weighted by molar-refractivity contribution is -0.0174. The number of nitrogens with zero attached hydrogens (tertiary/aromatic N) is 4. The Labute approximate surface area is 397 Å². The highest BCUT2D eigenvalue weighted by molar-refractivity contribution is 6.03. The molecule has 18 heteroatoms. The van der Waals surface area contributed by atoms with Crippen molar-refractivity contribution in [2.45, 2.75) is 52.2 Å². The molecule has 4 N–H and O–H groups in total. The molecule has 0 radical (unpaired) electrons. The number of aromatic nitrogens is 2. The lowest BCUT2D eigenvalue weighted by Crippen LogP contribution is -2.28. The number of carbonyl (C=O) groups is 2. The Hall–Kier alpha value is -8.48. The van der Waals surface area contributed by atoms with Gasteiger partial charge in [0, 0.05) is 50.7 Å². The fourth-order valence-corrected chi connectivity index (χ4v) is 8.74. The molecule has 6 aromatic carbocycles. The van der Waals surface area contributed by atoms with E-state index in [2.05, 4.69) is 21.0 Å². The highest BCUT2D eigenvalue weighted by Crippen LogP contribution is 2.42. The van der Waals surface area contributed by atoms with Gasteiger partial charge < -0.3 is 48.9 Å². The van der Waals surface area contributed by atoms with Crippen molar-refractivity contribution in [2.75, 3.05) is 13.6 Å². The monoisotopic (exact) mass is 950 g/mol. The van der Waals surface area contributed by atoms with E-state index >= 15 is 0 Å². The van der Waals surface area contributed by atoms with Gasteiger partial charge >= 0.3 is 0 Å². The number of rotatable bonds is 13. The van der Waals surface area contributed by atoms with Crippen LogP contribution in [0.25, 0.3) is 21.8 Å². The van der Waals surface area contributed by atoms with E-state index in [0.717, 1.165) is 11.1 Å². The number of nitroso groups, excluding NO2 is 2. The third-order valence-corrected chi connectivity index (χ3v) is 12.1. The van der Waals surface area contributed by atoms with Gasteiger partial charge in [-0.1, -0.05) is 67.6 Å². The van der Waals surface area contributed by atoms with Crippen molar-refractivity contribution in [1.82, 2.24) is 19.8 Å². The van der Waals surface area contributed by atoms with Crippen molar-refractivity contribution in [2.24, 2.45) is 10.4 Å². The minimum Gasteiger partial charge on any atom is -0.493 e. The minimum absolute atomic E-state index is 0.00691. The van der Waals surface area contributed by atoms with E-state index < -0.39 is 11.6 Å². The lowest BCUT2D eigenvalue weighted by atomic mass is 10.0. The third kappa shape index (κ3) is 9.49. The predicted octanol–water partition coefficient (Wildman–Crippen LogP) is 10.4. The minimum atomic E-state index is -0.478. The van der Waals surface area contributed by atoms with E-state index in [-0.39, 0.29) is 80.9 Å². The van der Waals surface area contributed by atoms with Crippen LogP contribution in [0.4, 0.5) is 20.2 Å². The molecule has 2 aliphatic heterocycles. The summed E-state index contributed by atoms with van der Waals surface area (Å²) < 4.78 is 53.0. The fourth-order valence-electron chi connectivity index (χ4n) is 8.74. The van der Waals surface area contributed by atoms with Crippen LogP contribution in [0.5, 0.6) is 23.3 Å². The molecule has 4 heterocycles. The van der Waals surface area contributed by atoms with E-state index in [4.69, 9.17) is 18.9 Å². The second-order valence-electron chi connectivity index (χ2n) is 16.5. The van der Waals surface area contributed by atoms with Crippen LogP contribution in [0.3, 0.4) is 0 Å². The van der Waals surface area contributed by atoms with Gasteiger partial charge in [0.2, 0.25) is 11.8 Å². The standard InChI is InChI=1S/C27H24FN3O5.C25H20FN3O5/c1-2-22(16-6-4-3-5-7-16)29-26(32)17-8-9-21-23(12-17)31(27(33)24(21)30-34)13-18-10-20(28)11-19-14-35-15-36-25(18)19;26-19-8-17(23-18(9-19)13-33-14-34-23)12-29-21-10-16(6-7-20(21)22(28-32)25(29)31)24(30)27-11-15-4-2-1-3-5-15/h3-12,22,33H,2,13-15H2,1H3,(H,29,32);1-10,31H,11-14H2,(H,27,30). The Morgan fingerprint density at radius 3 is 1.63 bits per heavy atom. The number of aromatic hydroxyl groups is 2. The molecule has 0 saturated heterocycles. The summed E-state index contributed by atoms with van der Waals surface area (Å²) in [7, 11) is 0. The zero-order chi connectivity index (χ0) is 48.9. The van der Waals surface area contributed by atoms with Crippen LogP contribution in [-0.4, -0.2) is 44.7 Å². The first-order valence-electron chi connectivity index (χ1n) is 22.1. The van der Waals surface area contributed by atoms with Crippen molar-refractivity contribution in [3.63, 3.8) is 0 Å². The average molecular weight is 951 g/mol. The van der Waals surface area contributed by atoms with Crippen LogP contribution in [0.15, 0.2) is 132 Å². The lowest BCUT2D eigenvalue weighted by Gasteiger charge is -2.21. The SMILES string of the molecule is CCC(NC(=O)c1ccc2c(N=O)c(O)n(Cc3cc(F)cc4c3OCOC4)c2c1)c1ccccc1.O=Nc1c(O)n(Cc2cc(F)cc3c2OCOC3)c2cc(C(=O)NCc3ccccc3)ccc12. The molecule has 0 saturated carbocycles. The first kappa shape index (κ1) is 46.6. The van der Waals surface area contributed by atoms with Crippen LogP contribution in [0.2, 0.25) is 0 Å². The van der Waals surface area contributed by atoms with Gasteiger partial charge in [0.1, 0.15) is 23.1 Å². The van der Waals surface area contributed by atoms with Crippen molar-refractivity contribution in [3.05, 3.63) is 187 Å². The molecule has 70 heavy (non-hydrogen) atoms. The average Bonchev–Trinajstić information content (AvgIpc) is 3.81.